The second-order valence-electron chi connectivity index (χ2n) is 8.07. The number of anilines is 4. The average molecular weight is 598 g/mol. The highest BCUT2D eigenvalue weighted by molar-refractivity contribution is 6.39. The Morgan fingerprint density at radius 1 is 0.821 bits per heavy atom. The molecule has 0 aliphatic heterocycles. The summed E-state index contributed by atoms with van der Waals surface area (Å²) >= 11 is 24.0. The zero-order valence-corrected chi connectivity index (χ0v) is 24.0. The van der Waals surface area contributed by atoms with Crippen molar-refractivity contribution in [2.24, 2.45) is 0 Å². The first-order valence-electron chi connectivity index (χ1n) is 11.3. The van der Waals surface area contributed by atoms with E-state index >= 15 is 0 Å². The number of para-hydroxylation sites is 2. The first-order valence-corrected chi connectivity index (χ1v) is 12.8. The Morgan fingerprint density at radius 3 is 1.92 bits per heavy atom. The molecule has 0 spiro atoms. The summed E-state index contributed by atoms with van der Waals surface area (Å²) in [4.78, 5) is 21.6. The topological polar surface area (TPSA) is 106 Å². The average Bonchev–Trinajstić information content (AvgIpc) is 2.90. The van der Waals surface area contributed by atoms with E-state index in [4.69, 9.17) is 56.9 Å². The van der Waals surface area contributed by atoms with Crippen molar-refractivity contribution in [3.8, 4) is 12.1 Å². The summed E-state index contributed by atoms with van der Waals surface area (Å²) in [7, 11) is 0. The lowest BCUT2D eigenvalue weighted by Gasteiger charge is -2.23. The molecule has 2 aromatic carbocycles. The lowest BCUT2D eigenvalue weighted by Crippen LogP contribution is -2.25. The molecule has 0 saturated carbocycles. The molecule has 11 heteroatoms. The Morgan fingerprint density at radius 2 is 1.36 bits per heavy atom. The molecule has 4 rings (SSSR count). The fourth-order valence-electron chi connectivity index (χ4n) is 3.46. The summed E-state index contributed by atoms with van der Waals surface area (Å²) in [5, 5.41) is 21.9. The quantitative estimate of drug-likeness (QED) is 0.252. The van der Waals surface area contributed by atoms with Gasteiger partial charge in [0.2, 0.25) is 5.91 Å². The van der Waals surface area contributed by atoms with Crippen LogP contribution in [0.5, 0.6) is 0 Å². The number of benzene rings is 2. The van der Waals surface area contributed by atoms with E-state index in [1.807, 2.05) is 68.5 Å². The maximum Gasteiger partial charge on any atom is 0.229 e. The van der Waals surface area contributed by atoms with E-state index < -0.39 is 0 Å². The molecule has 0 saturated heterocycles. The van der Waals surface area contributed by atoms with Gasteiger partial charge in [0.25, 0.3) is 0 Å². The highest BCUT2D eigenvalue weighted by Gasteiger charge is 2.23. The number of hydrogen-bond donors (Lipinski definition) is 1. The second-order valence-corrected chi connectivity index (χ2v) is 9.64. The molecule has 0 unspecified atom stereocenters. The van der Waals surface area contributed by atoms with E-state index in [0.717, 1.165) is 16.8 Å². The normalized spacial score (nSPS) is 9.97. The molecule has 0 fully saturated rings. The Hall–Kier alpha value is -3.85. The maximum absolute atomic E-state index is 12.0. The van der Waals surface area contributed by atoms with Crippen LogP contribution in [0, 0.1) is 36.5 Å². The molecule has 1 N–H and O–H groups in total. The number of hydrogen-bond acceptors (Lipinski definition) is 6. The summed E-state index contributed by atoms with van der Waals surface area (Å²) in [6.07, 6.45) is 2.72. The van der Waals surface area contributed by atoms with Crippen molar-refractivity contribution in [3.05, 3.63) is 103 Å². The van der Waals surface area contributed by atoms with Crippen LogP contribution in [0.1, 0.15) is 29.2 Å². The number of pyridine rings is 2. The minimum atomic E-state index is -0.259. The van der Waals surface area contributed by atoms with Gasteiger partial charge in [-0.2, -0.15) is 10.5 Å². The Bertz CT molecular complexity index is 1630. The molecule has 4 aromatic rings. The van der Waals surface area contributed by atoms with Crippen molar-refractivity contribution in [1.29, 1.82) is 10.5 Å². The molecule has 0 aliphatic rings. The van der Waals surface area contributed by atoms with Gasteiger partial charge in [-0.3, -0.25) is 9.69 Å². The first-order chi connectivity index (χ1) is 18.6. The summed E-state index contributed by atoms with van der Waals surface area (Å²) in [5.41, 5.74) is 3.82. The van der Waals surface area contributed by atoms with Gasteiger partial charge in [-0.15, -0.1) is 0 Å². The molecular formula is C28H20Cl4N6O. The van der Waals surface area contributed by atoms with Crippen LogP contribution in [-0.2, 0) is 4.79 Å². The molecule has 0 radical (unpaired) electrons. The highest BCUT2D eigenvalue weighted by Crippen LogP contribution is 2.36. The number of carbonyl (C=O) groups excluding carboxylic acids is 1. The fraction of sp³-hybridized carbons (Fsp3) is 0.107. The van der Waals surface area contributed by atoms with Crippen molar-refractivity contribution < 1.29 is 4.79 Å². The number of aromatic nitrogens is 2. The van der Waals surface area contributed by atoms with Gasteiger partial charge in [0.05, 0.1) is 26.9 Å². The molecule has 0 bridgehead atoms. The van der Waals surface area contributed by atoms with Gasteiger partial charge in [0.15, 0.2) is 11.6 Å². The van der Waals surface area contributed by atoms with Crippen molar-refractivity contribution in [2.45, 2.75) is 20.8 Å². The molecular weight excluding hydrogens is 578 g/mol. The lowest BCUT2D eigenvalue weighted by atomic mass is 10.1. The van der Waals surface area contributed by atoms with Gasteiger partial charge in [-0.25, -0.2) is 9.97 Å². The van der Waals surface area contributed by atoms with Crippen molar-refractivity contribution in [2.75, 3.05) is 10.2 Å². The Balaban J connectivity index is 0.000000218. The van der Waals surface area contributed by atoms with Crippen LogP contribution >= 0.6 is 46.4 Å². The van der Waals surface area contributed by atoms with E-state index in [2.05, 4.69) is 15.3 Å². The van der Waals surface area contributed by atoms with Crippen LogP contribution < -0.4 is 10.2 Å². The van der Waals surface area contributed by atoms with Crippen LogP contribution in [-0.4, -0.2) is 15.9 Å². The Kier molecular flexibility index (Phi) is 10.1. The predicted octanol–water partition coefficient (Wildman–Crippen LogP) is 8.57. The molecule has 7 nitrogen and oxygen atoms in total. The van der Waals surface area contributed by atoms with Crippen molar-refractivity contribution in [3.63, 3.8) is 0 Å². The lowest BCUT2D eigenvalue weighted by molar-refractivity contribution is -0.115. The number of aryl methyl sites for hydroxylation is 2. The van der Waals surface area contributed by atoms with E-state index in [1.54, 1.807) is 6.07 Å². The van der Waals surface area contributed by atoms with Crippen molar-refractivity contribution in [1.82, 2.24) is 9.97 Å². The fourth-order valence-corrected chi connectivity index (χ4v) is 4.44. The third kappa shape index (κ3) is 6.78. The SMILES string of the molecule is CC(=O)N(c1ccccc1C)c1ncc(Cl)c(C#N)c1Cl.Cc1ccccc1Nc1ncc(Cl)c(C#N)c1Cl. The van der Waals surface area contributed by atoms with Gasteiger partial charge < -0.3 is 5.32 Å². The number of nitriles is 2. The molecule has 39 heavy (non-hydrogen) atoms. The molecule has 1 amide bonds. The summed E-state index contributed by atoms with van der Waals surface area (Å²) < 4.78 is 0. The third-order valence-electron chi connectivity index (χ3n) is 5.43. The summed E-state index contributed by atoms with van der Waals surface area (Å²) in [6, 6.07) is 19.0. The van der Waals surface area contributed by atoms with Crippen molar-refractivity contribution >= 4 is 75.3 Å². The zero-order chi connectivity index (χ0) is 28.7. The monoisotopic (exact) mass is 596 g/mol. The summed E-state index contributed by atoms with van der Waals surface area (Å²) in [6.45, 7) is 5.25. The summed E-state index contributed by atoms with van der Waals surface area (Å²) in [5.74, 6) is 0.358. The smallest absolute Gasteiger partial charge is 0.229 e. The molecule has 0 aliphatic carbocycles. The van der Waals surface area contributed by atoms with E-state index in [0.29, 0.717) is 11.5 Å². The highest BCUT2D eigenvalue weighted by atomic mass is 35.5. The van der Waals surface area contributed by atoms with Crippen LogP contribution in [0.3, 0.4) is 0 Å². The zero-order valence-electron chi connectivity index (χ0n) is 20.9. The molecule has 196 valence electrons. The molecule has 2 heterocycles. The minimum absolute atomic E-state index is 0.0588. The predicted molar refractivity (Wildman–Crippen MR) is 156 cm³/mol. The van der Waals surface area contributed by atoms with Gasteiger partial charge in [0.1, 0.15) is 22.2 Å². The van der Waals surface area contributed by atoms with E-state index in [9.17, 15) is 4.79 Å². The first kappa shape index (κ1) is 29.7. The van der Waals surface area contributed by atoms with Gasteiger partial charge in [-0.1, -0.05) is 82.8 Å². The van der Waals surface area contributed by atoms with Crippen LogP contribution in [0.2, 0.25) is 20.1 Å². The third-order valence-corrected chi connectivity index (χ3v) is 6.73. The standard InChI is InChI=1S/C15H11Cl2N3O.C13H9Cl2N3/c1-9-5-3-4-6-13(9)20(10(2)21)15-14(17)11(7-18)12(16)8-19-15;1-8-4-2-3-5-11(8)18-13-12(15)9(6-16)10(14)7-17-13/h3-6,8H,1-2H3;2-5,7H,1H3,(H,17,18). The number of nitrogens with zero attached hydrogens (tertiary/aromatic N) is 5. The van der Waals surface area contributed by atoms with E-state index in [1.165, 1.54) is 24.2 Å². The maximum atomic E-state index is 12.0. The van der Waals surface area contributed by atoms with Crippen LogP contribution in [0.25, 0.3) is 0 Å². The van der Waals surface area contributed by atoms with Gasteiger partial charge >= 0.3 is 0 Å². The molecule has 0 atom stereocenters. The molecule has 2 aromatic heterocycles. The second kappa shape index (κ2) is 13.3. The van der Waals surface area contributed by atoms with Crippen LogP contribution in [0.4, 0.5) is 23.0 Å². The Labute approximate surface area is 246 Å². The number of amides is 1. The largest absolute Gasteiger partial charge is 0.339 e. The number of carbonyl (C=O) groups is 1. The minimum Gasteiger partial charge on any atom is -0.339 e. The van der Waals surface area contributed by atoms with Gasteiger partial charge in [0, 0.05) is 25.0 Å². The number of rotatable bonds is 4. The number of nitrogens with one attached hydrogen (secondary N) is 1. The van der Waals surface area contributed by atoms with E-state index in [-0.39, 0.29) is 42.9 Å². The van der Waals surface area contributed by atoms with Crippen LogP contribution in [0.15, 0.2) is 60.9 Å². The number of halogens is 4. The van der Waals surface area contributed by atoms with Gasteiger partial charge in [-0.05, 0) is 37.1 Å².